The first-order valence-electron chi connectivity index (χ1n) is 9.25. The van der Waals surface area contributed by atoms with Crippen LogP contribution in [0.2, 0.25) is 0 Å². The number of carbonyl (C=O) groups excluding carboxylic acids is 3. The van der Waals surface area contributed by atoms with Crippen LogP contribution in [0.25, 0.3) is 0 Å². The fourth-order valence-corrected chi connectivity index (χ4v) is 3.19. The largest absolute Gasteiger partial charge is 0.444 e. The summed E-state index contributed by atoms with van der Waals surface area (Å²) in [7, 11) is 1.56. The lowest BCUT2D eigenvalue weighted by Crippen LogP contribution is -2.63. The number of carbonyl (C=O) groups is 3. The van der Waals surface area contributed by atoms with Crippen molar-refractivity contribution in [2.75, 3.05) is 25.5 Å². The van der Waals surface area contributed by atoms with E-state index >= 15 is 0 Å². The fraction of sp³-hybridized carbons (Fsp3) is 0.476. The Kier molecular flexibility index (Phi) is 6.17. The highest BCUT2D eigenvalue weighted by Crippen LogP contribution is 2.37. The number of allylic oxidation sites excluding steroid dienone is 1. The molecule has 1 aromatic rings. The fourth-order valence-electron chi connectivity index (χ4n) is 3.19. The molecule has 0 radical (unpaired) electrons. The van der Waals surface area contributed by atoms with Gasteiger partial charge < -0.3 is 20.3 Å². The van der Waals surface area contributed by atoms with Gasteiger partial charge in [-0.05, 0) is 51.8 Å². The highest BCUT2D eigenvalue weighted by atomic mass is 16.6. The average molecular weight is 387 g/mol. The second-order valence-corrected chi connectivity index (χ2v) is 8.12. The summed E-state index contributed by atoms with van der Waals surface area (Å²) in [4.78, 5) is 38.7. The highest BCUT2D eigenvalue weighted by molar-refractivity contribution is 6.01. The van der Waals surface area contributed by atoms with Crippen LogP contribution in [0, 0.1) is 12.3 Å². The van der Waals surface area contributed by atoms with E-state index < -0.39 is 17.1 Å². The highest BCUT2D eigenvalue weighted by Gasteiger charge is 2.51. The van der Waals surface area contributed by atoms with E-state index in [1.165, 1.54) is 4.90 Å². The number of likely N-dealkylation sites (tertiary alicyclic amines) is 1. The molecule has 0 aliphatic carbocycles. The van der Waals surface area contributed by atoms with E-state index in [2.05, 4.69) is 17.2 Å². The molecule has 0 bridgehead atoms. The third-order valence-corrected chi connectivity index (χ3v) is 4.71. The minimum absolute atomic E-state index is 0.204. The number of hydrogen-bond acceptors (Lipinski definition) is 4. The van der Waals surface area contributed by atoms with Crippen molar-refractivity contribution >= 4 is 23.6 Å². The van der Waals surface area contributed by atoms with Crippen molar-refractivity contribution in [3.8, 4) is 0 Å². The first-order valence-corrected chi connectivity index (χ1v) is 9.25. The third kappa shape index (κ3) is 4.52. The molecule has 0 saturated carbocycles. The van der Waals surface area contributed by atoms with Crippen LogP contribution in [-0.4, -0.2) is 48.5 Å². The number of nitrogens with zero attached hydrogens (tertiary/aromatic N) is 1. The number of amides is 3. The van der Waals surface area contributed by atoms with Crippen LogP contribution in [0.5, 0.6) is 0 Å². The Labute approximate surface area is 166 Å². The van der Waals surface area contributed by atoms with Gasteiger partial charge in [0.05, 0.1) is 5.41 Å². The molecule has 1 aliphatic rings. The maximum atomic E-state index is 13.0. The molecule has 1 saturated heterocycles. The minimum atomic E-state index is -0.756. The van der Waals surface area contributed by atoms with Crippen molar-refractivity contribution < 1.29 is 19.1 Å². The SMILES string of the molecule is C=CCC1(C(=O)Nc2cccc(C(=O)NC)c2C)CN(C(=O)OC(C)(C)C)C1. The first-order chi connectivity index (χ1) is 13.0. The van der Waals surface area contributed by atoms with Gasteiger partial charge in [0.1, 0.15) is 5.60 Å². The number of benzene rings is 1. The zero-order chi connectivity index (χ0) is 21.1. The second-order valence-electron chi connectivity index (χ2n) is 8.12. The normalized spacial score (nSPS) is 15.2. The van der Waals surface area contributed by atoms with Gasteiger partial charge in [-0.15, -0.1) is 6.58 Å². The van der Waals surface area contributed by atoms with Gasteiger partial charge >= 0.3 is 6.09 Å². The van der Waals surface area contributed by atoms with E-state index in [-0.39, 0.29) is 24.9 Å². The Balaban J connectivity index is 2.15. The van der Waals surface area contributed by atoms with E-state index in [0.29, 0.717) is 23.2 Å². The van der Waals surface area contributed by atoms with Gasteiger partial charge in [0, 0.05) is 31.4 Å². The molecule has 7 heteroatoms. The maximum Gasteiger partial charge on any atom is 0.410 e. The number of anilines is 1. The van der Waals surface area contributed by atoms with Gasteiger partial charge in [-0.2, -0.15) is 0 Å². The summed E-state index contributed by atoms with van der Waals surface area (Å²) in [6, 6.07) is 5.18. The molecule has 0 atom stereocenters. The van der Waals surface area contributed by atoms with Gasteiger partial charge in [0.15, 0.2) is 0 Å². The predicted molar refractivity (Wildman–Crippen MR) is 108 cm³/mol. The van der Waals surface area contributed by atoms with Gasteiger partial charge in [-0.25, -0.2) is 4.79 Å². The van der Waals surface area contributed by atoms with Crippen LogP contribution in [0.3, 0.4) is 0 Å². The number of rotatable bonds is 5. The van der Waals surface area contributed by atoms with E-state index in [0.717, 1.165) is 0 Å². The number of nitrogens with one attached hydrogen (secondary N) is 2. The third-order valence-electron chi connectivity index (χ3n) is 4.71. The van der Waals surface area contributed by atoms with Crippen molar-refractivity contribution in [3.05, 3.63) is 42.0 Å². The lowest BCUT2D eigenvalue weighted by molar-refractivity contribution is -0.134. The standard InChI is InChI=1S/C21H29N3O4/c1-7-11-21(12-24(13-21)19(27)28-20(3,4)5)18(26)23-16-10-8-9-15(14(16)2)17(25)22-6/h7-10H,1,11-13H2,2-6H3,(H,22,25)(H,23,26). The summed E-state index contributed by atoms with van der Waals surface area (Å²) in [5.41, 5.74) is 0.418. The van der Waals surface area contributed by atoms with Crippen molar-refractivity contribution in [2.24, 2.45) is 5.41 Å². The van der Waals surface area contributed by atoms with E-state index in [4.69, 9.17) is 4.74 Å². The zero-order valence-electron chi connectivity index (χ0n) is 17.2. The molecule has 1 aromatic carbocycles. The lowest BCUT2D eigenvalue weighted by atomic mass is 9.76. The first kappa shape index (κ1) is 21.5. The molecular formula is C21H29N3O4. The Morgan fingerprint density at radius 2 is 1.93 bits per heavy atom. The summed E-state index contributed by atoms with van der Waals surface area (Å²) < 4.78 is 5.37. The van der Waals surface area contributed by atoms with Crippen LogP contribution in [0.1, 0.15) is 43.1 Å². The van der Waals surface area contributed by atoms with Gasteiger partial charge in [-0.3, -0.25) is 9.59 Å². The molecule has 28 heavy (non-hydrogen) atoms. The summed E-state index contributed by atoms with van der Waals surface area (Å²) in [6.45, 7) is 11.5. The second kappa shape index (κ2) is 8.04. The molecule has 3 amide bonds. The molecular weight excluding hydrogens is 358 g/mol. The smallest absolute Gasteiger partial charge is 0.410 e. The summed E-state index contributed by atoms with van der Waals surface area (Å²) in [6.07, 6.45) is 1.68. The number of hydrogen-bond donors (Lipinski definition) is 2. The Morgan fingerprint density at radius 3 is 2.46 bits per heavy atom. The molecule has 152 valence electrons. The van der Waals surface area contributed by atoms with Crippen molar-refractivity contribution in [1.29, 1.82) is 0 Å². The van der Waals surface area contributed by atoms with E-state index in [9.17, 15) is 14.4 Å². The number of ether oxygens (including phenoxy) is 1. The maximum absolute atomic E-state index is 13.0. The summed E-state index contributed by atoms with van der Waals surface area (Å²) in [5, 5.41) is 5.51. The molecule has 0 aromatic heterocycles. The zero-order valence-corrected chi connectivity index (χ0v) is 17.2. The molecule has 7 nitrogen and oxygen atoms in total. The summed E-state index contributed by atoms with van der Waals surface area (Å²) in [5.74, 6) is -0.418. The van der Waals surface area contributed by atoms with E-state index in [1.54, 1.807) is 59.0 Å². The van der Waals surface area contributed by atoms with Crippen LogP contribution in [0.15, 0.2) is 30.9 Å². The Bertz CT molecular complexity index is 789. The molecule has 1 aliphatic heterocycles. The van der Waals surface area contributed by atoms with Crippen molar-refractivity contribution in [3.63, 3.8) is 0 Å². The monoisotopic (exact) mass is 387 g/mol. The topological polar surface area (TPSA) is 87.7 Å². The minimum Gasteiger partial charge on any atom is -0.444 e. The molecule has 2 rings (SSSR count). The molecule has 1 heterocycles. The quantitative estimate of drug-likeness (QED) is 0.760. The molecule has 0 spiro atoms. The lowest BCUT2D eigenvalue weighted by Gasteiger charge is -2.48. The molecule has 2 N–H and O–H groups in total. The van der Waals surface area contributed by atoms with Crippen molar-refractivity contribution in [1.82, 2.24) is 10.2 Å². The van der Waals surface area contributed by atoms with Crippen LogP contribution in [-0.2, 0) is 9.53 Å². The van der Waals surface area contributed by atoms with Gasteiger partial charge in [0.2, 0.25) is 5.91 Å². The van der Waals surface area contributed by atoms with Crippen molar-refractivity contribution in [2.45, 2.75) is 39.7 Å². The van der Waals surface area contributed by atoms with Crippen LogP contribution >= 0.6 is 0 Å². The molecule has 1 fully saturated rings. The van der Waals surface area contributed by atoms with Gasteiger partial charge in [-0.1, -0.05) is 12.1 Å². The average Bonchev–Trinajstić information content (AvgIpc) is 2.57. The van der Waals surface area contributed by atoms with Crippen LogP contribution < -0.4 is 10.6 Å². The van der Waals surface area contributed by atoms with E-state index in [1.807, 2.05) is 0 Å². The molecule has 0 unspecified atom stereocenters. The van der Waals surface area contributed by atoms with Gasteiger partial charge in [0.25, 0.3) is 5.91 Å². The predicted octanol–water partition coefficient (Wildman–Crippen LogP) is 3.11. The Morgan fingerprint density at radius 1 is 1.29 bits per heavy atom. The van der Waals surface area contributed by atoms with Crippen LogP contribution in [0.4, 0.5) is 10.5 Å². The Hall–Kier alpha value is -2.83. The summed E-state index contributed by atoms with van der Waals surface area (Å²) >= 11 is 0.